The minimum absolute atomic E-state index is 0.0242. The zero-order chi connectivity index (χ0) is 17.0. The lowest BCUT2D eigenvalue weighted by atomic mass is 9.84. The fraction of sp³-hybridized carbons (Fsp3) is 0.409. The van der Waals surface area contributed by atoms with Crippen molar-refractivity contribution in [2.45, 2.75) is 38.4 Å². The van der Waals surface area contributed by atoms with Crippen molar-refractivity contribution in [2.24, 2.45) is 23.5 Å². The molecule has 1 aliphatic heterocycles. The molecule has 25 heavy (non-hydrogen) atoms. The van der Waals surface area contributed by atoms with Crippen molar-refractivity contribution in [1.82, 2.24) is 4.90 Å². The first-order valence-electron chi connectivity index (χ1n) is 9.43. The van der Waals surface area contributed by atoms with Gasteiger partial charge < -0.3 is 10.6 Å². The van der Waals surface area contributed by atoms with Crippen LogP contribution in [0.25, 0.3) is 11.1 Å². The van der Waals surface area contributed by atoms with Crippen molar-refractivity contribution in [2.75, 3.05) is 0 Å². The maximum atomic E-state index is 13.4. The number of hydrogen-bond donors (Lipinski definition) is 1. The van der Waals surface area contributed by atoms with Gasteiger partial charge in [0.15, 0.2) is 0 Å². The van der Waals surface area contributed by atoms with Gasteiger partial charge >= 0.3 is 0 Å². The highest BCUT2D eigenvalue weighted by Crippen LogP contribution is 2.48. The van der Waals surface area contributed by atoms with E-state index in [1.807, 2.05) is 0 Å². The molecule has 2 N–H and O–H groups in total. The van der Waals surface area contributed by atoms with Crippen molar-refractivity contribution >= 4 is 5.91 Å². The molecule has 2 saturated carbocycles. The highest BCUT2D eigenvalue weighted by atomic mass is 16.2. The van der Waals surface area contributed by atoms with Crippen LogP contribution in [0.3, 0.4) is 0 Å². The maximum Gasteiger partial charge on any atom is 0.228 e. The molecule has 2 aromatic carbocycles. The van der Waals surface area contributed by atoms with Crippen LogP contribution in [-0.2, 0) is 17.9 Å². The first-order chi connectivity index (χ1) is 12.2. The summed E-state index contributed by atoms with van der Waals surface area (Å²) < 4.78 is 0. The van der Waals surface area contributed by atoms with E-state index in [4.69, 9.17) is 5.73 Å². The molecule has 0 aromatic heterocycles. The monoisotopic (exact) mass is 332 g/mol. The molecule has 1 heterocycles. The molecule has 5 rings (SSSR count). The highest BCUT2D eigenvalue weighted by molar-refractivity contribution is 5.82. The van der Waals surface area contributed by atoms with E-state index < -0.39 is 0 Å². The maximum absolute atomic E-state index is 13.4. The summed E-state index contributed by atoms with van der Waals surface area (Å²) >= 11 is 0. The molecule has 3 nitrogen and oxygen atoms in total. The van der Waals surface area contributed by atoms with Crippen LogP contribution in [0.15, 0.2) is 48.5 Å². The van der Waals surface area contributed by atoms with Gasteiger partial charge in [-0.1, -0.05) is 48.5 Å². The van der Waals surface area contributed by atoms with Gasteiger partial charge in [-0.15, -0.1) is 0 Å². The number of nitrogens with two attached hydrogens (primary N) is 1. The molecule has 1 amide bonds. The summed E-state index contributed by atoms with van der Waals surface area (Å²) in [6.07, 6.45) is 3.54. The Morgan fingerprint density at radius 3 is 2.00 bits per heavy atom. The largest absolute Gasteiger partial charge is 0.334 e. The summed E-state index contributed by atoms with van der Waals surface area (Å²) in [6, 6.07) is 17.0. The van der Waals surface area contributed by atoms with Crippen molar-refractivity contribution in [3.8, 4) is 11.1 Å². The van der Waals surface area contributed by atoms with Gasteiger partial charge in [0.25, 0.3) is 0 Å². The number of hydrogen-bond acceptors (Lipinski definition) is 2. The third kappa shape index (κ3) is 2.33. The Morgan fingerprint density at radius 1 is 0.880 bits per heavy atom. The van der Waals surface area contributed by atoms with E-state index in [0.717, 1.165) is 6.42 Å². The van der Waals surface area contributed by atoms with Crippen molar-refractivity contribution in [1.29, 1.82) is 0 Å². The van der Waals surface area contributed by atoms with Gasteiger partial charge in [-0.3, -0.25) is 4.79 Å². The number of nitrogens with zero attached hydrogens (tertiary/aromatic N) is 1. The summed E-state index contributed by atoms with van der Waals surface area (Å²) in [7, 11) is 0. The third-order valence-electron chi connectivity index (χ3n) is 6.62. The zero-order valence-electron chi connectivity index (χ0n) is 14.4. The Balaban J connectivity index is 1.53. The van der Waals surface area contributed by atoms with Crippen LogP contribution in [-0.4, -0.2) is 16.8 Å². The summed E-state index contributed by atoms with van der Waals surface area (Å²) in [6.45, 7) is 1.37. The van der Waals surface area contributed by atoms with Crippen molar-refractivity contribution < 1.29 is 4.79 Å². The minimum atomic E-state index is 0.0242. The first kappa shape index (κ1) is 15.2. The van der Waals surface area contributed by atoms with Gasteiger partial charge in [0, 0.05) is 19.1 Å². The normalized spacial score (nSPS) is 29.9. The lowest BCUT2D eigenvalue weighted by Gasteiger charge is -2.32. The second kappa shape index (κ2) is 5.70. The average molecular weight is 332 g/mol. The van der Waals surface area contributed by atoms with E-state index in [1.165, 1.54) is 35.1 Å². The number of carbonyl (C=O) groups excluding carboxylic acids is 1. The van der Waals surface area contributed by atoms with Crippen LogP contribution in [0.2, 0.25) is 0 Å². The third-order valence-corrected chi connectivity index (χ3v) is 6.62. The fourth-order valence-corrected chi connectivity index (χ4v) is 5.38. The van der Waals surface area contributed by atoms with E-state index in [2.05, 4.69) is 53.4 Å². The van der Waals surface area contributed by atoms with Gasteiger partial charge in [-0.05, 0) is 53.4 Å². The minimum Gasteiger partial charge on any atom is -0.334 e. The molecule has 2 bridgehead atoms. The van der Waals surface area contributed by atoms with Gasteiger partial charge in [0.1, 0.15) is 0 Å². The Labute approximate surface area is 148 Å². The molecule has 2 aromatic rings. The number of rotatable bonds is 1. The van der Waals surface area contributed by atoms with Gasteiger partial charge in [-0.25, -0.2) is 0 Å². The summed E-state index contributed by atoms with van der Waals surface area (Å²) in [4.78, 5) is 15.5. The van der Waals surface area contributed by atoms with Crippen LogP contribution >= 0.6 is 0 Å². The fourth-order valence-electron chi connectivity index (χ4n) is 5.38. The molecule has 128 valence electrons. The van der Waals surface area contributed by atoms with Gasteiger partial charge in [0.2, 0.25) is 5.91 Å². The summed E-state index contributed by atoms with van der Waals surface area (Å²) in [5, 5.41) is 0. The van der Waals surface area contributed by atoms with Crippen LogP contribution in [0.1, 0.15) is 30.4 Å². The lowest BCUT2D eigenvalue weighted by molar-refractivity contribution is -0.139. The van der Waals surface area contributed by atoms with Crippen LogP contribution in [0.4, 0.5) is 0 Å². The second-order valence-electron chi connectivity index (χ2n) is 7.94. The van der Waals surface area contributed by atoms with Gasteiger partial charge in [-0.2, -0.15) is 0 Å². The molecule has 0 saturated heterocycles. The number of amides is 1. The first-order valence-corrected chi connectivity index (χ1v) is 9.43. The summed E-state index contributed by atoms with van der Waals surface area (Å²) in [5.41, 5.74) is 11.4. The Kier molecular flexibility index (Phi) is 3.46. The van der Waals surface area contributed by atoms with Crippen LogP contribution in [0, 0.1) is 17.8 Å². The summed E-state index contributed by atoms with van der Waals surface area (Å²) in [5.74, 6) is 1.36. The quantitative estimate of drug-likeness (QED) is 0.868. The number of benzene rings is 2. The van der Waals surface area contributed by atoms with Gasteiger partial charge in [0.05, 0.1) is 5.92 Å². The molecular weight excluding hydrogens is 308 g/mol. The lowest BCUT2D eigenvalue weighted by Crippen LogP contribution is -2.46. The van der Waals surface area contributed by atoms with Crippen molar-refractivity contribution in [3.05, 3.63) is 59.7 Å². The van der Waals surface area contributed by atoms with Crippen LogP contribution in [0.5, 0.6) is 0 Å². The molecule has 0 radical (unpaired) electrons. The predicted octanol–water partition coefficient (Wildman–Crippen LogP) is 3.57. The van der Waals surface area contributed by atoms with E-state index in [0.29, 0.717) is 24.9 Å². The van der Waals surface area contributed by atoms with E-state index in [9.17, 15) is 4.79 Å². The highest BCUT2D eigenvalue weighted by Gasteiger charge is 2.50. The number of fused-ring (bicyclic) bond motifs is 5. The average Bonchev–Trinajstić information content (AvgIpc) is 3.18. The molecule has 2 fully saturated rings. The van der Waals surface area contributed by atoms with E-state index >= 15 is 0 Å². The zero-order valence-corrected chi connectivity index (χ0v) is 14.4. The Bertz CT molecular complexity index is 781. The predicted molar refractivity (Wildman–Crippen MR) is 98.4 cm³/mol. The molecule has 3 heteroatoms. The standard InChI is InChI=1S/C22H24N2O/c23-21-15-10-9-14(11-15)20(21)22(25)24-12-16-5-1-3-7-18(16)19-8-4-2-6-17(19)13-24/h1-8,14-15,20-21H,9-13,23H2. The Morgan fingerprint density at radius 2 is 1.44 bits per heavy atom. The van der Waals surface area contributed by atoms with E-state index in [-0.39, 0.29) is 17.9 Å². The molecule has 3 aliphatic rings. The SMILES string of the molecule is NC1C2CCC(C2)C1C(=O)N1Cc2ccccc2-c2ccccc2C1. The molecule has 2 aliphatic carbocycles. The van der Waals surface area contributed by atoms with Crippen molar-refractivity contribution in [3.63, 3.8) is 0 Å². The smallest absolute Gasteiger partial charge is 0.228 e. The molecule has 0 spiro atoms. The molecule has 4 atom stereocenters. The molecular formula is C22H24N2O. The topological polar surface area (TPSA) is 46.3 Å². The number of carbonyl (C=O) groups is 1. The van der Waals surface area contributed by atoms with E-state index in [1.54, 1.807) is 0 Å². The van der Waals surface area contributed by atoms with Crippen LogP contribution < -0.4 is 5.73 Å². The second-order valence-corrected chi connectivity index (χ2v) is 7.94. The Hall–Kier alpha value is -2.13. The molecule has 4 unspecified atom stereocenters.